The van der Waals surface area contributed by atoms with Crippen LogP contribution in [-0.2, 0) is 0 Å². The van der Waals surface area contributed by atoms with Gasteiger partial charge in [-0.15, -0.1) is 0 Å². The second kappa shape index (κ2) is 8.05. The summed E-state index contributed by atoms with van der Waals surface area (Å²) in [5.41, 5.74) is 4.18. The highest BCUT2D eigenvalue weighted by Gasteiger charge is 2.10. The van der Waals surface area contributed by atoms with Crippen LogP contribution in [0.15, 0.2) is 48.8 Å². The lowest BCUT2D eigenvalue weighted by Crippen LogP contribution is -2.13. The van der Waals surface area contributed by atoms with E-state index < -0.39 is 0 Å². The van der Waals surface area contributed by atoms with Crippen molar-refractivity contribution in [3.63, 3.8) is 0 Å². The van der Waals surface area contributed by atoms with Crippen molar-refractivity contribution >= 4 is 34.8 Å². The van der Waals surface area contributed by atoms with Gasteiger partial charge in [-0.2, -0.15) is 0 Å². The van der Waals surface area contributed by atoms with Crippen LogP contribution in [0.4, 0.5) is 17.3 Å². The Hall–Kier alpha value is -3.12. The van der Waals surface area contributed by atoms with E-state index in [1.165, 1.54) is 30.6 Å². The first kappa shape index (κ1) is 18.7. The SMILES string of the molecule is COc1ccc(NC(=O)c2cnc(Nc3ccc(C)c(C)c3)nc2)cc1Cl. The maximum Gasteiger partial charge on any atom is 0.258 e. The van der Waals surface area contributed by atoms with E-state index in [-0.39, 0.29) is 5.91 Å². The fourth-order valence-electron chi connectivity index (χ4n) is 2.41. The maximum atomic E-state index is 12.3. The molecule has 0 atom stereocenters. The quantitative estimate of drug-likeness (QED) is 0.665. The molecule has 0 aliphatic carbocycles. The Morgan fingerprint density at radius 3 is 2.33 bits per heavy atom. The minimum Gasteiger partial charge on any atom is -0.495 e. The van der Waals surface area contributed by atoms with Gasteiger partial charge < -0.3 is 15.4 Å². The fourth-order valence-corrected chi connectivity index (χ4v) is 2.66. The molecule has 2 N–H and O–H groups in total. The molecule has 0 fully saturated rings. The number of halogens is 1. The van der Waals surface area contributed by atoms with E-state index in [9.17, 15) is 4.79 Å². The molecule has 138 valence electrons. The molecule has 0 aliphatic rings. The molecular weight excluding hydrogens is 364 g/mol. The van der Waals surface area contributed by atoms with E-state index in [0.717, 1.165) is 5.69 Å². The highest BCUT2D eigenvalue weighted by molar-refractivity contribution is 6.32. The van der Waals surface area contributed by atoms with E-state index in [1.807, 2.05) is 25.1 Å². The van der Waals surface area contributed by atoms with Crippen LogP contribution in [0, 0.1) is 13.8 Å². The highest BCUT2D eigenvalue weighted by Crippen LogP contribution is 2.27. The molecule has 27 heavy (non-hydrogen) atoms. The zero-order valence-corrected chi connectivity index (χ0v) is 16.0. The van der Waals surface area contributed by atoms with Gasteiger partial charge in [0.1, 0.15) is 5.75 Å². The van der Waals surface area contributed by atoms with Gasteiger partial charge in [0.05, 0.1) is 17.7 Å². The number of benzene rings is 2. The number of amides is 1. The van der Waals surface area contributed by atoms with Crippen molar-refractivity contribution in [1.29, 1.82) is 0 Å². The zero-order valence-electron chi connectivity index (χ0n) is 15.2. The van der Waals surface area contributed by atoms with Crippen molar-refractivity contribution in [3.05, 3.63) is 70.5 Å². The molecule has 0 saturated heterocycles. The summed E-state index contributed by atoms with van der Waals surface area (Å²) in [6.07, 6.45) is 2.94. The number of rotatable bonds is 5. The predicted octanol–water partition coefficient (Wildman–Crippen LogP) is 4.75. The molecule has 0 spiro atoms. The van der Waals surface area contributed by atoms with Gasteiger partial charge >= 0.3 is 0 Å². The number of methoxy groups -OCH3 is 1. The van der Waals surface area contributed by atoms with E-state index in [4.69, 9.17) is 16.3 Å². The summed E-state index contributed by atoms with van der Waals surface area (Å²) in [6.45, 7) is 4.10. The third-order valence-corrected chi connectivity index (χ3v) is 4.38. The van der Waals surface area contributed by atoms with Crippen LogP contribution >= 0.6 is 11.6 Å². The number of aryl methyl sites for hydroxylation is 2. The number of anilines is 3. The summed E-state index contributed by atoms with van der Waals surface area (Å²) in [7, 11) is 1.53. The normalized spacial score (nSPS) is 10.4. The van der Waals surface area contributed by atoms with Gasteiger partial charge in [-0.1, -0.05) is 17.7 Å². The van der Waals surface area contributed by atoms with Crippen LogP contribution in [0.3, 0.4) is 0 Å². The lowest BCUT2D eigenvalue weighted by Gasteiger charge is -2.09. The van der Waals surface area contributed by atoms with Gasteiger partial charge in [0.15, 0.2) is 0 Å². The molecule has 7 heteroatoms. The second-order valence-electron chi connectivity index (χ2n) is 6.02. The number of carbonyl (C=O) groups excluding carboxylic acids is 1. The Morgan fingerprint density at radius 2 is 1.70 bits per heavy atom. The molecule has 1 heterocycles. The summed E-state index contributed by atoms with van der Waals surface area (Å²) in [5.74, 6) is 0.635. The zero-order chi connectivity index (χ0) is 19.4. The fraction of sp³-hybridized carbons (Fsp3) is 0.150. The second-order valence-corrected chi connectivity index (χ2v) is 6.43. The van der Waals surface area contributed by atoms with E-state index >= 15 is 0 Å². The monoisotopic (exact) mass is 382 g/mol. The number of nitrogens with one attached hydrogen (secondary N) is 2. The highest BCUT2D eigenvalue weighted by atomic mass is 35.5. The minimum atomic E-state index is -0.325. The molecule has 1 amide bonds. The maximum absolute atomic E-state index is 12.3. The molecule has 1 aromatic heterocycles. The molecule has 3 rings (SSSR count). The van der Waals surface area contributed by atoms with Crippen LogP contribution in [0.25, 0.3) is 0 Å². The number of ether oxygens (including phenoxy) is 1. The largest absolute Gasteiger partial charge is 0.495 e. The number of hydrogen-bond donors (Lipinski definition) is 2. The Morgan fingerprint density at radius 1 is 1.00 bits per heavy atom. The lowest BCUT2D eigenvalue weighted by molar-refractivity contribution is 0.102. The predicted molar refractivity (Wildman–Crippen MR) is 107 cm³/mol. The molecule has 0 saturated carbocycles. The number of carbonyl (C=O) groups is 1. The third kappa shape index (κ3) is 4.54. The summed E-state index contributed by atoms with van der Waals surface area (Å²) in [4.78, 5) is 20.8. The van der Waals surface area contributed by atoms with Crippen molar-refractivity contribution in [2.75, 3.05) is 17.7 Å². The smallest absolute Gasteiger partial charge is 0.258 e. The van der Waals surface area contributed by atoms with Crippen LogP contribution < -0.4 is 15.4 Å². The topological polar surface area (TPSA) is 76.1 Å². The lowest BCUT2D eigenvalue weighted by atomic mass is 10.1. The molecule has 6 nitrogen and oxygen atoms in total. The van der Waals surface area contributed by atoms with Gasteiger partial charge in [0.2, 0.25) is 5.95 Å². The molecule has 0 aliphatic heterocycles. The van der Waals surface area contributed by atoms with Crippen molar-refractivity contribution in [2.24, 2.45) is 0 Å². The standard InChI is InChI=1S/C20H19ClN4O2/c1-12-4-5-15(8-13(12)2)25-20-22-10-14(11-23-20)19(26)24-16-6-7-18(27-3)17(21)9-16/h4-11H,1-3H3,(H,24,26)(H,22,23,25). The van der Waals surface area contributed by atoms with Crippen LogP contribution in [0.2, 0.25) is 5.02 Å². The van der Waals surface area contributed by atoms with Crippen LogP contribution in [0.5, 0.6) is 5.75 Å². The average molecular weight is 383 g/mol. The minimum absolute atomic E-state index is 0.325. The molecule has 0 unspecified atom stereocenters. The Balaban J connectivity index is 1.68. The van der Waals surface area contributed by atoms with E-state index in [2.05, 4.69) is 27.5 Å². The van der Waals surface area contributed by atoms with Gasteiger partial charge in [-0.05, 0) is 55.3 Å². The Labute approximate surface area is 162 Å². The first-order valence-electron chi connectivity index (χ1n) is 8.27. The summed E-state index contributed by atoms with van der Waals surface area (Å²) in [6, 6.07) is 11.0. The number of aromatic nitrogens is 2. The van der Waals surface area contributed by atoms with Gasteiger partial charge in [-0.25, -0.2) is 9.97 Å². The third-order valence-electron chi connectivity index (χ3n) is 4.09. The number of nitrogens with zero attached hydrogens (tertiary/aromatic N) is 2. The molecular formula is C20H19ClN4O2. The molecule has 0 bridgehead atoms. The van der Waals surface area contributed by atoms with Crippen LogP contribution in [-0.4, -0.2) is 23.0 Å². The first-order chi connectivity index (χ1) is 13.0. The molecule has 0 radical (unpaired) electrons. The Kier molecular flexibility index (Phi) is 5.57. The van der Waals surface area contributed by atoms with Crippen molar-refractivity contribution in [2.45, 2.75) is 13.8 Å². The summed E-state index contributed by atoms with van der Waals surface area (Å²) >= 11 is 6.07. The average Bonchev–Trinajstić information content (AvgIpc) is 2.65. The van der Waals surface area contributed by atoms with E-state index in [0.29, 0.717) is 28.0 Å². The van der Waals surface area contributed by atoms with Crippen molar-refractivity contribution < 1.29 is 9.53 Å². The van der Waals surface area contributed by atoms with Gasteiger partial charge in [0.25, 0.3) is 5.91 Å². The van der Waals surface area contributed by atoms with Crippen molar-refractivity contribution in [3.8, 4) is 5.75 Å². The van der Waals surface area contributed by atoms with Gasteiger partial charge in [-0.3, -0.25) is 4.79 Å². The van der Waals surface area contributed by atoms with Crippen molar-refractivity contribution in [1.82, 2.24) is 9.97 Å². The first-order valence-corrected chi connectivity index (χ1v) is 8.65. The van der Waals surface area contributed by atoms with Crippen LogP contribution in [0.1, 0.15) is 21.5 Å². The molecule has 3 aromatic rings. The number of hydrogen-bond acceptors (Lipinski definition) is 5. The Bertz CT molecular complexity index is 974. The summed E-state index contributed by atoms with van der Waals surface area (Å²) < 4.78 is 5.09. The van der Waals surface area contributed by atoms with Gasteiger partial charge in [0, 0.05) is 23.8 Å². The summed E-state index contributed by atoms with van der Waals surface area (Å²) in [5, 5.41) is 6.29. The van der Waals surface area contributed by atoms with E-state index in [1.54, 1.807) is 18.2 Å². The molecule has 2 aromatic carbocycles.